The highest BCUT2D eigenvalue weighted by molar-refractivity contribution is 9.48. The molecule has 0 spiro atoms. The average molecular weight is 556 g/mol. The van der Waals surface area contributed by atoms with Crippen molar-refractivity contribution >= 4 is 82.9 Å². The minimum atomic E-state index is -1.97. The van der Waals surface area contributed by atoms with Gasteiger partial charge in [0.25, 0.3) is 0 Å². The number of aromatic hydroxyl groups is 1. The standard InChI is InChI=1S/C20H15NO6P2S4/c21-12-1-10-18(17(11-12)19(23)24)27-20(25)26-14-4-8-16(9-5-14)29(31)32-28(30,33-29)15-6-2-13(22)3-7-15/h1-11,22H,21H2,(H,23,24). The molecule has 1 saturated heterocycles. The SMILES string of the molecule is Nc1ccc(OC(=O)Oc2ccc(P3(=S)SP(=S)(c4ccc(O)cc4)S3)cc2)c(C(=O)O)c1. The molecule has 0 saturated carbocycles. The van der Waals surface area contributed by atoms with Gasteiger partial charge in [0, 0.05) is 16.3 Å². The Labute approximate surface area is 206 Å². The maximum absolute atomic E-state index is 12.1. The number of carbonyl (C=O) groups is 2. The van der Waals surface area contributed by atoms with E-state index in [1.54, 1.807) is 58.4 Å². The van der Waals surface area contributed by atoms with Crippen LogP contribution in [0.25, 0.3) is 0 Å². The molecular formula is C20H15NO6P2S4. The second-order valence-corrected chi connectivity index (χ2v) is 28.0. The Hall–Kier alpha value is -2.00. The molecule has 13 heteroatoms. The van der Waals surface area contributed by atoms with E-state index in [4.69, 9.17) is 38.8 Å². The maximum Gasteiger partial charge on any atom is 0.519 e. The zero-order valence-corrected chi connectivity index (χ0v) is 21.5. The molecule has 4 N–H and O–H groups in total. The molecule has 0 radical (unpaired) electrons. The van der Waals surface area contributed by atoms with Gasteiger partial charge in [0.2, 0.25) is 0 Å². The van der Waals surface area contributed by atoms with Crippen molar-refractivity contribution < 1.29 is 29.3 Å². The normalized spacial score (nSPS) is 21.6. The van der Waals surface area contributed by atoms with Gasteiger partial charge in [-0.2, -0.15) is 0 Å². The van der Waals surface area contributed by atoms with Gasteiger partial charge in [-0.1, -0.05) is 45.6 Å². The Balaban J connectivity index is 1.42. The third kappa shape index (κ3) is 5.24. The van der Waals surface area contributed by atoms with Crippen LogP contribution in [0.15, 0.2) is 66.7 Å². The van der Waals surface area contributed by atoms with Crippen molar-refractivity contribution in [3.63, 3.8) is 0 Å². The van der Waals surface area contributed by atoms with E-state index in [1.165, 1.54) is 18.2 Å². The van der Waals surface area contributed by atoms with E-state index in [9.17, 15) is 19.8 Å². The van der Waals surface area contributed by atoms with Gasteiger partial charge in [0.05, 0.1) is 8.88 Å². The predicted molar refractivity (Wildman–Crippen MR) is 142 cm³/mol. The summed E-state index contributed by atoms with van der Waals surface area (Å²) < 4.78 is 6.32. The molecule has 7 nitrogen and oxygen atoms in total. The van der Waals surface area contributed by atoms with Crippen LogP contribution in [0.1, 0.15) is 10.4 Å². The van der Waals surface area contributed by atoms with Gasteiger partial charge in [0.1, 0.15) is 22.8 Å². The molecule has 1 aliphatic heterocycles. The van der Waals surface area contributed by atoms with Crippen molar-refractivity contribution in [2.75, 3.05) is 5.73 Å². The zero-order chi connectivity index (χ0) is 23.8. The Kier molecular flexibility index (Phi) is 6.82. The minimum Gasteiger partial charge on any atom is -0.508 e. The molecule has 0 atom stereocenters. The summed E-state index contributed by atoms with van der Waals surface area (Å²) in [6.07, 6.45) is -1.08. The first-order chi connectivity index (χ1) is 15.6. The van der Waals surface area contributed by atoms with E-state index in [1.807, 2.05) is 12.1 Å². The Morgan fingerprint density at radius 2 is 1.39 bits per heavy atom. The fourth-order valence-electron chi connectivity index (χ4n) is 2.82. The zero-order valence-electron chi connectivity index (χ0n) is 16.5. The molecule has 33 heavy (non-hydrogen) atoms. The quantitative estimate of drug-likeness (QED) is 0.165. The van der Waals surface area contributed by atoms with Gasteiger partial charge in [-0.15, -0.1) is 0 Å². The van der Waals surface area contributed by atoms with Crippen molar-refractivity contribution in [3.8, 4) is 17.2 Å². The number of nitrogens with two attached hydrogens (primary N) is 1. The molecule has 0 bridgehead atoms. The predicted octanol–water partition coefficient (Wildman–Crippen LogP) is 5.30. The van der Waals surface area contributed by atoms with Gasteiger partial charge < -0.3 is 25.4 Å². The van der Waals surface area contributed by atoms with E-state index in [-0.39, 0.29) is 28.5 Å². The molecule has 0 aliphatic carbocycles. The summed E-state index contributed by atoms with van der Waals surface area (Å²) in [7, 11) is 0. The fourth-order valence-corrected chi connectivity index (χ4v) is 45.1. The van der Waals surface area contributed by atoms with Gasteiger partial charge in [0.15, 0.2) is 0 Å². The topological polar surface area (TPSA) is 119 Å². The van der Waals surface area contributed by atoms with Gasteiger partial charge >= 0.3 is 12.1 Å². The number of carbonyl (C=O) groups excluding carboxylic acids is 1. The Morgan fingerprint density at radius 1 is 0.848 bits per heavy atom. The number of ether oxygens (including phenoxy) is 2. The minimum absolute atomic E-state index is 0.170. The Bertz CT molecular complexity index is 1330. The van der Waals surface area contributed by atoms with Crippen molar-refractivity contribution in [2.24, 2.45) is 0 Å². The van der Waals surface area contributed by atoms with E-state index >= 15 is 0 Å². The molecule has 170 valence electrons. The first kappa shape index (κ1) is 24.1. The summed E-state index contributed by atoms with van der Waals surface area (Å²) in [5.74, 6) is -1.03. The van der Waals surface area contributed by atoms with Crippen LogP contribution in [-0.4, -0.2) is 22.3 Å². The lowest BCUT2D eigenvalue weighted by Gasteiger charge is -2.40. The van der Waals surface area contributed by atoms with E-state index in [2.05, 4.69) is 0 Å². The number of hydrogen-bond donors (Lipinski definition) is 3. The van der Waals surface area contributed by atoms with Crippen molar-refractivity contribution in [3.05, 3.63) is 72.3 Å². The Morgan fingerprint density at radius 3 is 1.94 bits per heavy atom. The van der Waals surface area contributed by atoms with Crippen LogP contribution in [0.2, 0.25) is 0 Å². The molecule has 4 rings (SSSR count). The van der Waals surface area contributed by atoms with Crippen LogP contribution in [-0.2, 0) is 23.6 Å². The molecule has 0 amide bonds. The highest BCUT2D eigenvalue weighted by Crippen LogP contribution is 3.04. The van der Waals surface area contributed by atoms with Crippen LogP contribution in [0.5, 0.6) is 17.2 Å². The first-order valence-corrected chi connectivity index (χ1v) is 18.8. The number of hydrogen-bond acceptors (Lipinski definition) is 10. The van der Waals surface area contributed by atoms with E-state index in [0.717, 1.165) is 10.6 Å². The number of carboxylic acid groups (broad SMARTS) is 1. The first-order valence-electron chi connectivity index (χ1n) is 9.13. The number of benzene rings is 3. The molecule has 1 heterocycles. The van der Waals surface area contributed by atoms with Gasteiger partial charge in [-0.3, -0.25) is 0 Å². The van der Waals surface area contributed by atoms with E-state index < -0.39 is 21.0 Å². The lowest BCUT2D eigenvalue weighted by molar-refractivity contribution is 0.0693. The summed E-state index contributed by atoms with van der Waals surface area (Å²) >= 11 is 15.0. The molecule has 0 unspecified atom stereocenters. The van der Waals surface area contributed by atoms with Crippen LogP contribution in [0, 0.1) is 0 Å². The number of carboxylic acids is 1. The molecule has 1 aliphatic rings. The van der Waals surface area contributed by atoms with Crippen molar-refractivity contribution in [1.29, 1.82) is 0 Å². The lowest BCUT2D eigenvalue weighted by atomic mass is 10.2. The average Bonchev–Trinajstić information content (AvgIpc) is 2.74. The van der Waals surface area contributed by atoms with Crippen LogP contribution >= 0.6 is 30.9 Å². The number of aromatic carboxylic acids is 1. The summed E-state index contributed by atoms with van der Waals surface area (Å²) in [5, 5.41) is 20.7. The third-order valence-corrected chi connectivity index (χ3v) is 35.6. The second-order valence-electron chi connectivity index (χ2n) is 6.68. The largest absolute Gasteiger partial charge is 0.519 e. The molecule has 3 aromatic carbocycles. The maximum atomic E-state index is 12.1. The monoisotopic (exact) mass is 555 g/mol. The smallest absolute Gasteiger partial charge is 0.508 e. The third-order valence-electron chi connectivity index (χ3n) is 4.38. The number of phenols is 1. The summed E-state index contributed by atoms with van der Waals surface area (Å²) in [4.78, 5) is 23.5. The highest BCUT2D eigenvalue weighted by atomic mass is 33.7. The number of rotatable bonds is 5. The second kappa shape index (κ2) is 9.33. The number of phenolic OH excluding ortho intramolecular Hbond substituents is 1. The van der Waals surface area contributed by atoms with Gasteiger partial charge in [-0.05, 0) is 66.7 Å². The molecule has 1 fully saturated rings. The molecule has 3 aromatic rings. The lowest BCUT2D eigenvalue weighted by Crippen LogP contribution is -2.16. The van der Waals surface area contributed by atoms with Crippen molar-refractivity contribution in [2.45, 2.75) is 0 Å². The summed E-state index contributed by atoms with van der Waals surface area (Å²) in [6.45, 7) is 0. The fraction of sp³-hybridized carbons (Fsp3) is 0. The van der Waals surface area contributed by atoms with Crippen molar-refractivity contribution in [1.82, 2.24) is 0 Å². The molecule has 0 aromatic heterocycles. The van der Waals surface area contributed by atoms with Crippen LogP contribution in [0.4, 0.5) is 10.5 Å². The summed E-state index contributed by atoms with van der Waals surface area (Å²) in [5.41, 5.74) is 5.56. The van der Waals surface area contributed by atoms with Gasteiger partial charge in [-0.25, -0.2) is 9.59 Å². The summed E-state index contributed by atoms with van der Waals surface area (Å²) in [6, 6.07) is 17.6. The number of anilines is 1. The van der Waals surface area contributed by atoms with E-state index in [0.29, 0.717) is 0 Å². The van der Waals surface area contributed by atoms with Crippen LogP contribution < -0.4 is 25.8 Å². The number of nitrogen functional groups attached to an aromatic ring is 1. The molecular weight excluding hydrogens is 540 g/mol. The highest BCUT2D eigenvalue weighted by Gasteiger charge is 2.45. The van der Waals surface area contributed by atoms with Crippen LogP contribution in [0.3, 0.4) is 0 Å².